The van der Waals surface area contributed by atoms with E-state index in [1.165, 1.54) is 32.6 Å². The van der Waals surface area contributed by atoms with Crippen LogP contribution in [-0.4, -0.2) is 37.2 Å². The van der Waals surface area contributed by atoms with Crippen LogP contribution in [0, 0.1) is 0 Å². The molecule has 2 aromatic carbocycles. The topological polar surface area (TPSA) is 77.4 Å². The number of halogens is 3. The molecule has 29 heavy (non-hydrogen) atoms. The molecule has 0 aliphatic heterocycles. The summed E-state index contributed by atoms with van der Waals surface area (Å²) in [7, 11) is 2.54. The minimum atomic E-state index is -4.81. The van der Waals surface area contributed by atoms with Crippen molar-refractivity contribution in [2.24, 2.45) is 5.16 Å². The van der Waals surface area contributed by atoms with E-state index in [0.717, 1.165) is 12.1 Å². The summed E-state index contributed by atoms with van der Waals surface area (Å²) in [6.45, 7) is -0.355. The van der Waals surface area contributed by atoms with Crippen molar-refractivity contribution < 1.29 is 37.4 Å². The maximum Gasteiger partial charge on any atom is 0.437 e. The van der Waals surface area contributed by atoms with Crippen LogP contribution in [0.4, 0.5) is 13.2 Å². The van der Waals surface area contributed by atoms with Gasteiger partial charge >= 0.3 is 12.1 Å². The maximum atomic E-state index is 13.3. The van der Waals surface area contributed by atoms with Crippen LogP contribution in [0.15, 0.2) is 59.9 Å². The van der Waals surface area contributed by atoms with Crippen molar-refractivity contribution >= 4 is 17.3 Å². The maximum absolute atomic E-state index is 13.3. The Labute approximate surface area is 164 Å². The lowest BCUT2D eigenvalue weighted by Gasteiger charge is -2.13. The zero-order valence-corrected chi connectivity index (χ0v) is 15.6. The lowest BCUT2D eigenvalue weighted by atomic mass is 10.0. The number of ether oxygens (including phenoxy) is 2. The SMILES string of the molecule is COC=C(C(=O)OC)c1ccccc1CON=C(c1cccc(O)c1)C(F)(F)F. The molecule has 0 unspecified atom stereocenters. The van der Waals surface area contributed by atoms with Crippen LogP contribution in [0.3, 0.4) is 0 Å². The zero-order valence-electron chi connectivity index (χ0n) is 15.6. The highest BCUT2D eigenvalue weighted by Crippen LogP contribution is 2.26. The number of nitrogens with zero attached hydrogens (tertiary/aromatic N) is 1. The summed E-state index contributed by atoms with van der Waals surface area (Å²) in [6.07, 6.45) is -3.64. The van der Waals surface area contributed by atoms with Crippen molar-refractivity contribution in [3.8, 4) is 5.75 Å². The predicted molar refractivity (Wildman–Crippen MR) is 98.9 cm³/mol. The molecule has 154 valence electrons. The van der Waals surface area contributed by atoms with Gasteiger partial charge in [0.15, 0.2) is 5.71 Å². The molecule has 0 saturated carbocycles. The van der Waals surface area contributed by atoms with Crippen molar-refractivity contribution in [3.05, 3.63) is 71.5 Å². The lowest BCUT2D eigenvalue weighted by Crippen LogP contribution is -2.24. The average Bonchev–Trinajstić information content (AvgIpc) is 2.68. The number of aromatic hydroxyl groups is 1. The van der Waals surface area contributed by atoms with Crippen molar-refractivity contribution in [1.82, 2.24) is 0 Å². The van der Waals surface area contributed by atoms with Gasteiger partial charge in [0.2, 0.25) is 0 Å². The Balaban J connectivity index is 2.33. The van der Waals surface area contributed by atoms with E-state index in [2.05, 4.69) is 5.16 Å². The van der Waals surface area contributed by atoms with E-state index >= 15 is 0 Å². The second-order valence-electron chi connectivity index (χ2n) is 5.68. The van der Waals surface area contributed by atoms with Gasteiger partial charge in [-0.25, -0.2) is 4.79 Å². The molecular formula is C20H18F3NO5. The average molecular weight is 409 g/mol. The van der Waals surface area contributed by atoms with Crippen LogP contribution in [-0.2, 0) is 25.7 Å². The number of methoxy groups -OCH3 is 2. The summed E-state index contributed by atoms with van der Waals surface area (Å²) in [5.74, 6) is -1.02. The minimum absolute atomic E-state index is 0.0715. The molecule has 2 aromatic rings. The molecule has 0 amide bonds. The van der Waals surface area contributed by atoms with Gasteiger partial charge in [-0.2, -0.15) is 13.2 Å². The number of alkyl halides is 3. The molecule has 6 nitrogen and oxygen atoms in total. The van der Waals surface area contributed by atoms with Crippen LogP contribution < -0.4 is 0 Å². The van der Waals surface area contributed by atoms with E-state index in [0.29, 0.717) is 11.1 Å². The summed E-state index contributed by atoms with van der Waals surface area (Å²) in [5.41, 5.74) is -0.821. The van der Waals surface area contributed by atoms with Crippen LogP contribution in [0.25, 0.3) is 5.57 Å². The zero-order chi connectivity index (χ0) is 21.4. The van der Waals surface area contributed by atoms with E-state index in [1.54, 1.807) is 24.3 Å². The first kappa shape index (κ1) is 21.8. The van der Waals surface area contributed by atoms with Crippen molar-refractivity contribution in [1.29, 1.82) is 0 Å². The number of phenols is 1. The number of benzene rings is 2. The molecule has 0 aliphatic rings. The Kier molecular flexibility index (Phi) is 7.24. The minimum Gasteiger partial charge on any atom is -0.508 e. The molecule has 0 bridgehead atoms. The first-order valence-corrected chi connectivity index (χ1v) is 8.24. The fourth-order valence-corrected chi connectivity index (χ4v) is 2.45. The third-order valence-corrected chi connectivity index (χ3v) is 3.71. The van der Waals surface area contributed by atoms with Crippen molar-refractivity contribution in [2.45, 2.75) is 12.8 Å². The number of hydrogen-bond donors (Lipinski definition) is 1. The third kappa shape index (κ3) is 5.74. The van der Waals surface area contributed by atoms with Gasteiger partial charge in [-0.1, -0.05) is 41.6 Å². The van der Waals surface area contributed by atoms with Gasteiger partial charge in [0.1, 0.15) is 17.9 Å². The molecule has 0 aromatic heterocycles. The van der Waals surface area contributed by atoms with Gasteiger partial charge in [0.25, 0.3) is 0 Å². The van der Waals surface area contributed by atoms with Crippen LogP contribution >= 0.6 is 0 Å². The molecule has 0 spiro atoms. The van der Waals surface area contributed by atoms with E-state index in [-0.39, 0.29) is 23.5 Å². The largest absolute Gasteiger partial charge is 0.508 e. The number of carbonyl (C=O) groups is 1. The Morgan fingerprint density at radius 2 is 1.86 bits per heavy atom. The number of rotatable bonds is 7. The smallest absolute Gasteiger partial charge is 0.437 e. The number of phenolic OH excluding ortho intramolecular Hbond substituents is 1. The van der Waals surface area contributed by atoms with E-state index in [1.807, 2.05) is 0 Å². The molecule has 9 heteroatoms. The quantitative estimate of drug-likeness (QED) is 0.246. The molecular weight excluding hydrogens is 391 g/mol. The molecule has 1 N–H and O–H groups in total. The predicted octanol–water partition coefficient (Wildman–Crippen LogP) is 4.04. The second-order valence-corrected chi connectivity index (χ2v) is 5.68. The summed E-state index contributed by atoms with van der Waals surface area (Å²) in [5, 5.41) is 12.7. The third-order valence-electron chi connectivity index (χ3n) is 3.71. The fourth-order valence-electron chi connectivity index (χ4n) is 2.45. The van der Waals surface area contributed by atoms with Gasteiger partial charge in [-0.3, -0.25) is 0 Å². The standard InChI is InChI=1S/C20H18F3NO5/c1-27-12-17(19(26)28-2)16-9-4-3-6-14(16)11-29-24-18(20(21,22)23)13-7-5-8-15(25)10-13/h3-10,12,25H,11H2,1-2H3. The van der Waals surface area contributed by atoms with E-state index in [9.17, 15) is 23.1 Å². The van der Waals surface area contributed by atoms with Crippen LogP contribution in [0.1, 0.15) is 16.7 Å². The normalized spacial score (nSPS) is 12.4. The Morgan fingerprint density at radius 1 is 1.14 bits per heavy atom. The molecule has 0 heterocycles. The highest BCUT2D eigenvalue weighted by atomic mass is 19.4. The van der Waals surface area contributed by atoms with Gasteiger partial charge in [-0.05, 0) is 17.7 Å². The van der Waals surface area contributed by atoms with Gasteiger partial charge in [-0.15, -0.1) is 0 Å². The molecule has 0 atom stereocenters. The summed E-state index contributed by atoms with van der Waals surface area (Å²) < 4.78 is 49.6. The lowest BCUT2D eigenvalue weighted by molar-refractivity contribution is -0.133. The second kappa shape index (κ2) is 9.63. The van der Waals surface area contributed by atoms with Gasteiger partial charge in [0, 0.05) is 11.1 Å². The summed E-state index contributed by atoms with van der Waals surface area (Å²) in [6, 6.07) is 11.0. The molecule has 0 aliphatic carbocycles. The Bertz CT molecular complexity index is 922. The number of oxime groups is 1. The van der Waals surface area contributed by atoms with Crippen molar-refractivity contribution in [2.75, 3.05) is 14.2 Å². The van der Waals surface area contributed by atoms with Crippen LogP contribution in [0.5, 0.6) is 5.75 Å². The first-order valence-electron chi connectivity index (χ1n) is 8.24. The molecule has 0 radical (unpaired) electrons. The number of esters is 1. The van der Waals surface area contributed by atoms with Gasteiger partial charge in [0.05, 0.1) is 20.5 Å². The Morgan fingerprint density at radius 3 is 2.48 bits per heavy atom. The molecule has 0 fully saturated rings. The molecule has 0 saturated heterocycles. The number of hydrogen-bond acceptors (Lipinski definition) is 6. The monoisotopic (exact) mass is 409 g/mol. The highest BCUT2D eigenvalue weighted by Gasteiger charge is 2.38. The van der Waals surface area contributed by atoms with Crippen molar-refractivity contribution in [3.63, 3.8) is 0 Å². The highest BCUT2D eigenvalue weighted by molar-refractivity contribution is 6.16. The summed E-state index contributed by atoms with van der Waals surface area (Å²) in [4.78, 5) is 16.9. The Hall–Kier alpha value is -3.49. The van der Waals surface area contributed by atoms with Gasteiger partial charge < -0.3 is 19.4 Å². The van der Waals surface area contributed by atoms with E-state index < -0.39 is 17.9 Å². The molecule has 2 rings (SSSR count). The fraction of sp³-hybridized carbons (Fsp3) is 0.200. The van der Waals surface area contributed by atoms with E-state index in [4.69, 9.17) is 14.3 Å². The summed E-state index contributed by atoms with van der Waals surface area (Å²) >= 11 is 0. The first-order chi connectivity index (χ1) is 13.8. The number of carbonyl (C=O) groups excluding carboxylic acids is 1. The van der Waals surface area contributed by atoms with Crippen LogP contribution in [0.2, 0.25) is 0 Å².